The van der Waals surface area contributed by atoms with Gasteiger partial charge in [0.25, 0.3) is 0 Å². The predicted octanol–water partition coefficient (Wildman–Crippen LogP) is 3.32. The summed E-state index contributed by atoms with van der Waals surface area (Å²) in [7, 11) is 1.72. The van der Waals surface area contributed by atoms with Gasteiger partial charge in [-0.1, -0.05) is 0 Å². The Morgan fingerprint density at radius 2 is 1.70 bits per heavy atom. The van der Waals surface area contributed by atoms with E-state index in [4.69, 9.17) is 14.2 Å². The number of ether oxygens (including phenoxy) is 3. The van der Waals surface area contributed by atoms with Crippen LogP contribution < -0.4 is 9.47 Å². The minimum atomic E-state index is -0.337. The number of benzene rings is 1. The van der Waals surface area contributed by atoms with Gasteiger partial charge in [0.2, 0.25) is 0 Å². The van der Waals surface area contributed by atoms with Crippen LogP contribution in [0, 0.1) is 0 Å². The average Bonchev–Trinajstić information content (AvgIpc) is 2.41. The van der Waals surface area contributed by atoms with Crippen molar-refractivity contribution >= 4 is 6.29 Å². The summed E-state index contributed by atoms with van der Waals surface area (Å²) >= 11 is 0. The van der Waals surface area contributed by atoms with Gasteiger partial charge in [-0.3, -0.25) is 4.79 Å². The summed E-state index contributed by atoms with van der Waals surface area (Å²) in [5, 5.41) is 0. The van der Waals surface area contributed by atoms with Crippen LogP contribution in [0.5, 0.6) is 11.5 Å². The van der Waals surface area contributed by atoms with Crippen molar-refractivity contribution in [3.8, 4) is 11.5 Å². The third-order valence-corrected chi connectivity index (χ3v) is 3.83. The first-order chi connectivity index (χ1) is 9.70. The standard InChI is InChI=1S/C16H22O4/c1-4-19-13-9-12(11-17)10-14(20-5-2)15(13)16(18-3)7-6-8-16/h9-11H,4-8H2,1-3H3. The molecule has 0 atom stereocenters. The van der Waals surface area contributed by atoms with Crippen LogP contribution in [0.1, 0.15) is 49.0 Å². The van der Waals surface area contributed by atoms with Crippen LogP contribution in [0.2, 0.25) is 0 Å². The van der Waals surface area contributed by atoms with Crippen LogP contribution in [0.25, 0.3) is 0 Å². The van der Waals surface area contributed by atoms with E-state index in [0.717, 1.165) is 31.1 Å². The molecule has 0 unspecified atom stereocenters. The molecular formula is C16H22O4. The monoisotopic (exact) mass is 278 g/mol. The van der Waals surface area contributed by atoms with E-state index in [2.05, 4.69) is 0 Å². The largest absolute Gasteiger partial charge is 0.493 e. The fraction of sp³-hybridized carbons (Fsp3) is 0.562. The molecule has 0 amide bonds. The zero-order valence-corrected chi connectivity index (χ0v) is 12.4. The van der Waals surface area contributed by atoms with Crippen molar-refractivity contribution < 1.29 is 19.0 Å². The van der Waals surface area contributed by atoms with E-state index in [1.54, 1.807) is 19.2 Å². The number of methoxy groups -OCH3 is 1. The summed E-state index contributed by atoms with van der Waals surface area (Å²) in [5.41, 5.74) is 1.17. The number of hydrogen-bond donors (Lipinski definition) is 0. The second kappa shape index (κ2) is 6.27. The summed E-state index contributed by atoms with van der Waals surface area (Å²) in [6, 6.07) is 3.54. The van der Waals surface area contributed by atoms with E-state index in [9.17, 15) is 4.79 Å². The molecule has 110 valence electrons. The predicted molar refractivity (Wildman–Crippen MR) is 76.7 cm³/mol. The molecule has 0 aliphatic heterocycles. The van der Waals surface area contributed by atoms with Crippen molar-refractivity contribution in [1.29, 1.82) is 0 Å². The summed E-state index contributed by atoms with van der Waals surface area (Å²) in [6.45, 7) is 4.94. The number of rotatable bonds is 7. The van der Waals surface area contributed by atoms with Crippen molar-refractivity contribution in [2.24, 2.45) is 0 Å². The molecule has 0 bridgehead atoms. The lowest BCUT2D eigenvalue weighted by molar-refractivity contribution is -0.0808. The molecule has 4 nitrogen and oxygen atoms in total. The van der Waals surface area contributed by atoms with Crippen molar-refractivity contribution in [3.05, 3.63) is 23.3 Å². The van der Waals surface area contributed by atoms with Crippen LogP contribution in [0.15, 0.2) is 12.1 Å². The van der Waals surface area contributed by atoms with Gasteiger partial charge in [-0.25, -0.2) is 0 Å². The van der Waals surface area contributed by atoms with Gasteiger partial charge in [0.05, 0.1) is 24.4 Å². The summed E-state index contributed by atoms with van der Waals surface area (Å²) in [5.74, 6) is 1.39. The first-order valence-corrected chi connectivity index (χ1v) is 7.15. The first-order valence-electron chi connectivity index (χ1n) is 7.15. The minimum absolute atomic E-state index is 0.337. The van der Waals surface area contributed by atoms with Crippen LogP contribution in [-0.4, -0.2) is 26.6 Å². The molecule has 0 spiro atoms. The molecule has 0 aromatic heterocycles. The van der Waals surface area contributed by atoms with Crippen LogP contribution in [0.4, 0.5) is 0 Å². The third-order valence-electron chi connectivity index (χ3n) is 3.83. The van der Waals surface area contributed by atoms with Crippen molar-refractivity contribution in [3.63, 3.8) is 0 Å². The maximum Gasteiger partial charge on any atom is 0.150 e. The Kier molecular flexibility index (Phi) is 4.65. The number of carbonyl (C=O) groups excluding carboxylic acids is 1. The van der Waals surface area contributed by atoms with E-state index < -0.39 is 0 Å². The van der Waals surface area contributed by atoms with Crippen LogP contribution in [-0.2, 0) is 10.3 Å². The Bertz CT molecular complexity index is 445. The van der Waals surface area contributed by atoms with Gasteiger partial charge < -0.3 is 14.2 Å². The molecule has 0 radical (unpaired) electrons. The van der Waals surface area contributed by atoms with E-state index in [1.165, 1.54) is 0 Å². The number of carbonyl (C=O) groups is 1. The van der Waals surface area contributed by atoms with E-state index in [1.807, 2.05) is 13.8 Å². The Balaban J connectivity index is 2.57. The fourth-order valence-electron chi connectivity index (χ4n) is 2.72. The highest BCUT2D eigenvalue weighted by atomic mass is 16.5. The summed E-state index contributed by atoms with van der Waals surface area (Å²) in [4.78, 5) is 11.1. The van der Waals surface area contributed by atoms with Crippen molar-refractivity contribution in [2.75, 3.05) is 20.3 Å². The maximum absolute atomic E-state index is 11.1. The van der Waals surface area contributed by atoms with Gasteiger partial charge in [0.1, 0.15) is 17.8 Å². The van der Waals surface area contributed by atoms with Gasteiger partial charge in [0, 0.05) is 12.7 Å². The molecule has 0 heterocycles. The smallest absolute Gasteiger partial charge is 0.150 e. The SMILES string of the molecule is CCOc1cc(C=O)cc(OCC)c1C1(OC)CCC1. The lowest BCUT2D eigenvalue weighted by atomic mass is 9.74. The van der Waals surface area contributed by atoms with Crippen LogP contribution in [0.3, 0.4) is 0 Å². The van der Waals surface area contributed by atoms with Gasteiger partial charge >= 0.3 is 0 Å². The molecule has 20 heavy (non-hydrogen) atoms. The molecule has 0 N–H and O–H groups in total. The highest BCUT2D eigenvalue weighted by molar-refractivity contribution is 5.78. The van der Waals surface area contributed by atoms with E-state index in [0.29, 0.717) is 30.3 Å². The third kappa shape index (κ3) is 2.52. The fourth-order valence-corrected chi connectivity index (χ4v) is 2.72. The Labute approximate surface area is 120 Å². The molecule has 1 aromatic carbocycles. The molecule has 1 aliphatic rings. The summed E-state index contributed by atoms with van der Waals surface area (Å²) in [6.07, 6.45) is 3.84. The minimum Gasteiger partial charge on any atom is -0.493 e. The quantitative estimate of drug-likeness (QED) is 0.718. The molecule has 2 rings (SSSR count). The van der Waals surface area contributed by atoms with Gasteiger partial charge in [-0.2, -0.15) is 0 Å². The van der Waals surface area contributed by atoms with Gasteiger partial charge in [0.15, 0.2) is 0 Å². The van der Waals surface area contributed by atoms with Gasteiger partial charge in [-0.15, -0.1) is 0 Å². The Hall–Kier alpha value is -1.55. The van der Waals surface area contributed by atoms with Gasteiger partial charge in [-0.05, 0) is 45.2 Å². The van der Waals surface area contributed by atoms with Crippen molar-refractivity contribution in [2.45, 2.75) is 38.7 Å². The Morgan fingerprint density at radius 1 is 1.15 bits per heavy atom. The highest BCUT2D eigenvalue weighted by Gasteiger charge is 2.43. The molecule has 4 heteroatoms. The Morgan fingerprint density at radius 3 is 2.00 bits per heavy atom. The molecule has 1 aliphatic carbocycles. The summed E-state index contributed by atoms with van der Waals surface area (Å²) < 4.78 is 17.2. The zero-order valence-electron chi connectivity index (χ0n) is 12.4. The first kappa shape index (κ1) is 14.9. The molecular weight excluding hydrogens is 256 g/mol. The second-order valence-corrected chi connectivity index (χ2v) is 4.93. The lowest BCUT2D eigenvalue weighted by Crippen LogP contribution is -2.37. The van der Waals surface area contributed by atoms with E-state index >= 15 is 0 Å². The topological polar surface area (TPSA) is 44.8 Å². The second-order valence-electron chi connectivity index (χ2n) is 4.93. The number of aldehydes is 1. The molecule has 1 fully saturated rings. The van der Waals surface area contributed by atoms with E-state index in [-0.39, 0.29) is 5.60 Å². The average molecular weight is 278 g/mol. The normalized spacial score (nSPS) is 16.4. The van der Waals surface area contributed by atoms with Crippen molar-refractivity contribution in [1.82, 2.24) is 0 Å². The molecule has 1 aromatic rings. The zero-order chi connectivity index (χ0) is 14.6. The van der Waals surface area contributed by atoms with Crippen LogP contribution >= 0.6 is 0 Å². The number of hydrogen-bond acceptors (Lipinski definition) is 4. The lowest BCUT2D eigenvalue weighted by Gasteiger charge is -2.42. The molecule has 1 saturated carbocycles. The molecule has 0 saturated heterocycles. The maximum atomic E-state index is 11.1. The highest BCUT2D eigenvalue weighted by Crippen LogP contribution is 2.51.